The first-order valence-electron chi connectivity index (χ1n) is 10.7. The van der Waals surface area contributed by atoms with Gasteiger partial charge >= 0.3 is 12.5 Å². The van der Waals surface area contributed by atoms with Crippen LogP contribution in [-0.2, 0) is 4.79 Å². The molecule has 3 aromatic rings. The summed E-state index contributed by atoms with van der Waals surface area (Å²) in [7, 11) is 0. The van der Waals surface area contributed by atoms with E-state index < -0.39 is 12.5 Å². The van der Waals surface area contributed by atoms with Gasteiger partial charge in [-0.15, -0.1) is 0 Å². The number of halogens is 2. The Morgan fingerprint density at radius 2 is 2.03 bits per heavy atom. The van der Waals surface area contributed by atoms with E-state index in [1.165, 1.54) is 0 Å². The van der Waals surface area contributed by atoms with Crippen LogP contribution in [0.15, 0.2) is 36.4 Å². The van der Waals surface area contributed by atoms with Crippen molar-refractivity contribution < 1.29 is 28.2 Å². The maximum absolute atomic E-state index is 13.3. The van der Waals surface area contributed by atoms with E-state index in [1.54, 1.807) is 13.8 Å². The van der Waals surface area contributed by atoms with Gasteiger partial charge < -0.3 is 19.9 Å². The number of hydrogen-bond donors (Lipinski definition) is 2. The van der Waals surface area contributed by atoms with Gasteiger partial charge in [0.25, 0.3) is 0 Å². The third-order valence-corrected chi connectivity index (χ3v) is 6.25. The number of aliphatic carboxylic acids is 1. The number of fused-ring (bicyclic) bond motifs is 2. The third-order valence-electron chi connectivity index (χ3n) is 6.25. The number of para-hydroxylation sites is 1. The fraction of sp³-hybridized carbons (Fsp3) is 0.333. The van der Waals surface area contributed by atoms with Crippen LogP contribution >= 0.6 is 0 Å². The SMILES string of the molecule is Cc1nn(C(F)F)c(C)c1-c1cccc2c1OCC2Nc1ccc2c(c1)OCC2CC(=O)O. The third kappa shape index (κ3) is 3.67. The number of aromatic nitrogens is 2. The molecule has 33 heavy (non-hydrogen) atoms. The number of alkyl halides is 2. The summed E-state index contributed by atoms with van der Waals surface area (Å²) in [5.74, 6) is 0.350. The number of rotatable bonds is 6. The van der Waals surface area contributed by atoms with E-state index in [0.717, 1.165) is 27.1 Å². The minimum absolute atomic E-state index is 0.0351. The van der Waals surface area contributed by atoms with Crippen molar-refractivity contribution in [3.8, 4) is 22.6 Å². The molecule has 9 heteroatoms. The Morgan fingerprint density at radius 3 is 2.76 bits per heavy atom. The molecule has 0 amide bonds. The highest BCUT2D eigenvalue weighted by atomic mass is 19.3. The molecule has 0 spiro atoms. The minimum Gasteiger partial charge on any atom is -0.493 e. The lowest BCUT2D eigenvalue weighted by Gasteiger charge is -2.15. The fourth-order valence-electron chi connectivity index (χ4n) is 4.75. The van der Waals surface area contributed by atoms with Crippen molar-refractivity contribution in [2.24, 2.45) is 0 Å². The summed E-state index contributed by atoms with van der Waals surface area (Å²) in [6.45, 7) is 1.38. The highest BCUT2D eigenvalue weighted by Crippen LogP contribution is 2.45. The standard InChI is InChI=1S/C24H23F2N3O4/c1-12-22(13(2)29(28-12)24(25)26)18-5-3-4-17-19(11-33-23(17)18)27-15-6-7-16-14(8-21(30)31)10-32-20(16)9-15/h3-7,9,14,19,24,27H,8,10-11H2,1-2H3,(H,30,31). The maximum Gasteiger partial charge on any atom is 0.333 e. The van der Waals surface area contributed by atoms with Gasteiger partial charge in [0, 0.05) is 45.6 Å². The highest BCUT2D eigenvalue weighted by Gasteiger charge is 2.31. The Hall–Kier alpha value is -3.62. The molecule has 0 saturated carbocycles. The Morgan fingerprint density at radius 1 is 1.21 bits per heavy atom. The van der Waals surface area contributed by atoms with Crippen molar-refractivity contribution in [1.82, 2.24) is 9.78 Å². The average Bonchev–Trinajstić information content (AvgIpc) is 3.44. The van der Waals surface area contributed by atoms with Crippen molar-refractivity contribution in [2.75, 3.05) is 18.5 Å². The lowest BCUT2D eigenvalue weighted by atomic mass is 9.97. The number of nitrogens with zero attached hydrogens (tertiary/aromatic N) is 2. The molecule has 2 aliphatic heterocycles. The molecule has 5 rings (SSSR count). The number of carboxylic acids is 1. The molecule has 2 unspecified atom stereocenters. The molecule has 2 aromatic carbocycles. The van der Waals surface area contributed by atoms with Gasteiger partial charge in [-0.2, -0.15) is 13.9 Å². The first-order valence-corrected chi connectivity index (χ1v) is 10.7. The van der Waals surface area contributed by atoms with Crippen LogP contribution in [0, 0.1) is 13.8 Å². The Balaban J connectivity index is 1.42. The van der Waals surface area contributed by atoms with Gasteiger partial charge in [0.15, 0.2) is 0 Å². The van der Waals surface area contributed by atoms with Crippen LogP contribution in [0.4, 0.5) is 14.5 Å². The number of benzene rings is 2. The molecule has 2 N–H and O–H groups in total. The largest absolute Gasteiger partial charge is 0.493 e. The molecular weight excluding hydrogens is 432 g/mol. The van der Waals surface area contributed by atoms with Gasteiger partial charge in [-0.3, -0.25) is 4.79 Å². The number of carboxylic acid groups (broad SMARTS) is 1. The summed E-state index contributed by atoms with van der Waals surface area (Å²) >= 11 is 0. The van der Waals surface area contributed by atoms with Crippen molar-refractivity contribution in [3.05, 3.63) is 58.9 Å². The summed E-state index contributed by atoms with van der Waals surface area (Å²) in [5.41, 5.74) is 4.97. The summed E-state index contributed by atoms with van der Waals surface area (Å²) in [6, 6.07) is 11.2. The maximum atomic E-state index is 13.3. The second kappa shape index (κ2) is 8.06. The molecule has 0 saturated heterocycles. The molecule has 0 aliphatic carbocycles. The molecular formula is C24H23F2N3O4. The first-order chi connectivity index (χ1) is 15.8. The second-order valence-corrected chi connectivity index (χ2v) is 8.36. The molecule has 2 aliphatic rings. The Labute approximate surface area is 188 Å². The van der Waals surface area contributed by atoms with Crippen molar-refractivity contribution >= 4 is 11.7 Å². The summed E-state index contributed by atoms with van der Waals surface area (Å²) in [6.07, 6.45) is 0.0351. The van der Waals surface area contributed by atoms with Crippen LogP contribution in [0.1, 0.15) is 47.4 Å². The van der Waals surface area contributed by atoms with Gasteiger partial charge in [0.2, 0.25) is 0 Å². The number of aryl methyl sites for hydroxylation is 1. The van der Waals surface area contributed by atoms with Crippen LogP contribution in [0.25, 0.3) is 11.1 Å². The van der Waals surface area contributed by atoms with Crippen LogP contribution in [0.2, 0.25) is 0 Å². The number of nitrogens with one attached hydrogen (secondary N) is 1. The molecule has 0 radical (unpaired) electrons. The lowest BCUT2D eigenvalue weighted by molar-refractivity contribution is -0.137. The zero-order valence-electron chi connectivity index (χ0n) is 18.1. The first kappa shape index (κ1) is 21.2. The molecule has 1 aromatic heterocycles. The number of ether oxygens (including phenoxy) is 2. The van der Waals surface area contributed by atoms with Crippen molar-refractivity contribution in [1.29, 1.82) is 0 Å². The topological polar surface area (TPSA) is 85.6 Å². The van der Waals surface area contributed by atoms with E-state index in [9.17, 15) is 13.6 Å². The van der Waals surface area contributed by atoms with Crippen molar-refractivity contribution in [3.63, 3.8) is 0 Å². The van der Waals surface area contributed by atoms with Crippen molar-refractivity contribution in [2.45, 2.75) is 38.8 Å². The summed E-state index contributed by atoms with van der Waals surface area (Å²) in [4.78, 5) is 11.1. The minimum atomic E-state index is -2.71. The Kier molecular flexibility index (Phi) is 5.19. The molecule has 0 fully saturated rings. The molecule has 2 atom stereocenters. The quantitative estimate of drug-likeness (QED) is 0.541. The van der Waals surface area contributed by atoms with E-state index in [-0.39, 0.29) is 18.4 Å². The zero-order valence-corrected chi connectivity index (χ0v) is 18.1. The Bertz CT molecular complexity index is 1240. The summed E-state index contributed by atoms with van der Waals surface area (Å²) in [5, 5.41) is 16.5. The van der Waals surface area contributed by atoms with Crippen LogP contribution < -0.4 is 14.8 Å². The molecule has 0 bridgehead atoms. The van der Waals surface area contributed by atoms with Gasteiger partial charge in [0.05, 0.1) is 24.8 Å². The van der Waals surface area contributed by atoms with E-state index >= 15 is 0 Å². The van der Waals surface area contributed by atoms with Crippen LogP contribution in [0.3, 0.4) is 0 Å². The van der Waals surface area contributed by atoms with E-state index in [1.807, 2.05) is 36.4 Å². The highest BCUT2D eigenvalue weighted by molar-refractivity contribution is 5.77. The van der Waals surface area contributed by atoms with Gasteiger partial charge in [-0.25, -0.2) is 4.68 Å². The zero-order chi connectivity index (χ0) is 23.3. The summed E-state index contributed by atoms with van der Waals surface area (Å²) < 4.78 is 39.1. The normalized spacial score (nSPS) is 18.6. The van der Waals surface area contributed by atoms with E-state index in [4.69, 9.17) is 14.6 Å². The average molecular weight is 455 g/mol. The predicted octanol–water partition coefficient (Wildman–Crippen LogP) is 5.06. The molecule has 7 nitrogen and oxygen atoms in total. The molecule has 172 valence electrons. The second-order valence-electron chi connectivity index (χ2n) is 8.36. The number of carbonyl (C=O) groups is 1. The predicted molar refractivity (Wildman–Crippen MR) is 117 cm³/mol. The van der Waals surface area contributed by atoms with Gasteiger partial charge in [0.1, 0.15) is 18.1 Å². The molecule has 3 heterocycles. The van der Waals surface area contributed by atoms with Gasteiger partial charge in [-0.1, -0.05) is 24.3 Å². The smallest absolute Gasteiger partial charge is 0.333 e. The van der Waals surface area contributed by atoms with E-state index in [0.29, 0.717) is 41.7 Å². The van der Waals surface area contributed by atoms with Gasteiger partial charge in [-0.05, 0) is 19.9 Å². The number of hydrogen-bond acceptors (Lipinski definition) is 5. The lowest BCUT2D eigenvalue weighted by Crippen LogP contribution is -2.11. The fourth-order valence-corrected chi connectivity index (χ4v) is 4.75. The number of anilines is 1. The monoisotopic (exact) mass is 455 g/mol. The van der Waals surface area contributed by atoms with Crippen LogP contribution in [-0.4, -0.2) is 34.1 Å². The van der Waals surface area contributed by atoms with Crippen LogP contribution in [0.5, 0.6) is 11.5 Å². The van der Waals surface area contributed by atoms with E-state index in [2.05, 4.69) is 10.4 Å².